The Kier molecular flexibility index (Phi) is 5.44. The largest absolute Gasteiger partial charge is 0.493 e. The Morgan fingerprint density at radius 2 is 1.68 bits per heavy atom. The van der Waals surface area contributed by atoms with Gasteiger partial charge < -0.3 is 9.47 Å². The Morgan fingerprint density at radius 3 is 2.26 bits per heavy atom. The van der Waals surface area contributed by atoms with Crippen molar-refractivity contribution >= 4 is 12.6 Å². The average Bonchev–Trinajstić information content (AvgIpc) is 2.71. The molecule has 0 N–H and O–H groups in total. The fourth-order valence-corrected chi connectivity index (χ4v) is 3.20. The third kappa shape index (κ3) is 3.82. The average molecular weight is 280 g/mol. The molecule has 3 heteroatoms. The van der Waals surface area contributed by atoms with Crippen LogP contribution >= 0.6 is 12.6 Å². The lowest BCUT2D eigenvalue weighted by Gasteiger charge is -2.31. The molecule has 0 atom stereocenters. The molecule has 0 spiro atoms. The van der Waals surface area contributed by atoms with E-state index in [9.17, 15) is 0 Å². The van der Waals surface area contributed by atoms with E-state index in [0.717, 1.165) is 23.9 Å². The van der Waals surface area contributed by atoms with Gasteiger partial charge in [-0.3, -0.25) is 0 Å². The van der Waals surface area contributed by atoms with Crippen LogP contribution < -0.4 is 9.47 Å². The highest BCUT2D eigenvalue weighted by Crippen LogP contribution is 2.37. The fourth-order valence-electron chi connectivity index (χ4n) is 2.80. The first-order chi connectivity index (χ1) is 9.29. The van der Waals surface area contributed by atoms with Gasteiger partial charge in [-0.05, 0) is 30.7 Å². The van der Waals surface area contributed by atoms with Crippen LogP contribution in [0.4, 0.5) is 0 Å². The van der Waals surface area contributed by atoms with Gasteiger partial charge >= 0.3 is 0 Å². The molecule has 0 heterocycles. The first kappa shape index (κ1) is 14.6. The zero-order chi connectivity index (χ0) is 13.6. The highest BCUT2D eigenvalue weighted by atomic mass is 32.1. The molecule has 1 aromatic carbocycles. The lowest BCUT2D eigenvalue weighted by atomic mass is 9.83. The van der Waals surface area contributed by atoms with Crippen molar-refractivity contribution in [2.24, 2.45) is 5.41 Å². The molecule has 0 amide bonds. The van der Waals surface area contributed by atoms with Crippen molar-refractivity contribution < 1.29 is 9.47 Å². The molecule has 0 saturated heterocycles. The normalized spacial score (nSPS) is 18.6. The van der Waals surface area contributed by atoms with E-state index in [0.29, 0.717) is 0 Å². The summed E-state index contributed by atoms with van der Waals surface area (Å²) in [6, 6.07) is 7.86. The lowest BCUT2D eigenvalue weighted by molar-refractivity contribution is 0.144. The number of methoxy groups -OCH3 is 1. The summed E-state index contributed by atoms with van der Waals surface area (Å²) in [4.78, 5) is 0. The maximum Gasteiger partial charge on any atom is 0.161 e. The van der Waals surface area contributed by atoms with Crippen molar-refractivity contribution in [3.63, 3.8) is 0 Å². The molecule has 0 radical (unpaired) electrons. The molecule has 1 aromatic rings. The molecular weight excluding hydrogens is 256 g/mol. The molecule has 0 aromatic heterocycles. The number of hydrogen-bond donors (Lipinski definition) is 1. The minimum absolute atomic E-state index is 0.237. The molecule has 2 nitrogen and oxygen atoms in total. The summed E-state index contributed by atoms with van der Waals surface area (Å²) in [6.45, 7) is 0.747. The molecule has 1 aliphatic rings. The van der Waals surface area contributed by atoms with Gasteiger partial charge in [0.25, 0.3) is 0 Å². The Morgan fingerprint density at radius 1 is 1.05 bits per heavy atom. The van der Waals surface area contributed by atoms with Crippen LogP contribution in [0.1, 0.15) is 38.5 Å². The zero-order valence-corrected chi connectivity index (χ0v) is 12.6. The summed E-state index contributed by atoms with van der Waals surface area (Å²) in [5.74, 6) is 2.56. The summed E-state index contributed by atoms with van der Waals surface area (Å²) in [7, 11) is 1.68. The molecule has 1 fully saturated rings. The summed E-state index contributed by atoms with van der Waals surface area (Å²) in [5.41, 5.74) is 0.237. The maximum atomic E-state index is 6.04. The summed E-state index contributed by atoms with van der Waals surface area (Å²) < 4.78 is 11.4. The van der Waals surface area contributed by atoms with E-state index >= 15 is 0 Å². The van der Waals surface area contributed by atoms with Crippen LogP contribution in [0.3, 0.4) is 0 Å². The molecule has 2 rings (SSSR count). The first-order valence-corrected chi connectivity index (χ1v) is 7.80. The van der Waals surface area contributed by atoms with Gasteiger partial charge in [0, 0.05) is 5.41 Å². The predicted molar refractivity (Wildman–Crippen MR) is 82.5 cm³/mol. The standard InChI is InChI=1S/C16H24O2S/c1-17-14-8-4-5-9-15(14)18-12-16(13-19)10-6-2-3-7-11-16/h4-5,8-9,19H,2-3,6-7,10-13H2,1H3. The van der Waals surface area contributed by atoms with Crippen molar-refractivity contribution in [3.8, 4) is 11.5 Å². The summed E-state index contributed by atoms with van der Waals surface area (Å²) >= 11 is 4.58. The molecule has 1 aliphatic carbocycles. The van der Waals surface area contributed by atoms with Gasteiger partial charge in [-0.1, -0.05) is 37.8 Å². The minimum atomic E-state index is 0.237. The van der Waals surface area contributed by atoms with Gasteiger partial charge in [0.2, 0.25) is 0 Å². The molecule has 19 heavy (non-hydrogen) atoms. The SMILES string of the molecule is COc1ccccc1OCC1(CS)CCCCCC1. The van der Waals surface area contributed by atoms with Crippen molar-refractivity contribution in [1.82, 2.24) is 0 Å². The van der Waals surface area contributed by atoms with Crippen LogP contribution in [0, 0.1) is 5.41 Å². The smallest absolute Gasteiger partial charge is 0.161 e. The lowest BCUT2D eigenvalue weighted by Crippen LogP contribution is -2.30. The Hall–Kier alpha value is -0.830. The molecule has 1 saturated carbocycles. The van der Waals surface area contributed by atoms with Crippen LogP contribution in [0.15, 0.2) is 24.3 Å². The second-order valence-electron chi connectivity index (χ2n) is 5.51. The highest BCUT2D eigenvalue weighted by Gasteiger charge is 2.30. The van der Waals surface area contributed by atoms with Gasteiger partial charge in [0.1, 0.15) is 0 Å². The highest BCUT2D eigenvalue weighted by molar-refractivity contribution is 7.80. The topological polar surface area (TPSA) is 18.5 Å². The number of ether oxygens (including phenoxy) is 2. The van der Waals surface area contributed by atoms with E-state index in [1.165, 1.54) is 38.5 Å². The van der Waals surface area contributed by atoms with Crippen molar-refractivity contribution in [2.75, 3.05) is 19.5 Å². The molecule has 0 bridgehead atoms. The van der Waals surface area contributed by atoms with E-state index in [1.807, 2.05) is 24.3 Å². The Bertz CT molecular complexity index is 384. The third-order valence-corrected chi connectivity index (χ3v) is 4.77. The third-order valence-electron chi connectivity index (χ3n) is 4.10. The molecule has 0 aliphatic heterocycles. The maximum absolute atomic E-state index is 6.04. The fraction of sp³-hybridized carbons (Fsp3) is 0.625. The Labute approximate surface area is 121 Å². The van der Waals surface area contributed by atoms with Crippen molar-refractivity contribution in [3.05, 3.63) is 24.3 Å². The second kappa shape index (κ2) is 7.09. The molecule has 106 valence electrons. The van der Waals surface area contributed by atoms with E-state index in [1.54, 1.807) is 7.11 Å². The molecular formula is C16H24O2S. The number of thiol groups is 1. The van der Waals surface area contributed by atoms with Crippen LogP contribution in [-0.4, -0.2) is 19.5 Å². The number of rotatable bonds is 5. The monoisotopic (exact) mass is 280 g/mol. The van der Waals surface area contributed by atoms with Crippen LogP contribution in [0.2, 0.25) is 0 Å². The first-order valence-electron chi connectivity index (χ1n) is 7.16. The Balaban J connectivity index is 2.02. The minimum Gasteiger partial charge on any atom is -0.493 e. The quantitative estimate of drug-likeness (QED) is 0.638. The zero-order valence-electron chi connectivity index (χ0n) is 11.7. The summed E-state index contributed by atoms with van der Waals surface area (Å²) in [5, 5.41) is 0. The van der Waals surface area contributed by atoms with Crippen LogP contribution in [0.5, 0.6) is 11.5 Å². The van der Waals surface area contributed by atoms with Crippen molar-refractivity contribution in [1.29, 1.82) is 0 Å². The number of hydrogen-bond acceptors (Lipinski definition) is 3. The van der Waals surface area contributed by atoms with Gasteiger partial charge in [-0.2, -0.15) is 12.6 Å². The van der Waals surface area contributed by atoms with Gasteiger partial charge in [-0.25, -0.2) is 0 Å². The molecule has 0 unspecified atom stereocenters. The predicted octanol–water partition coefficient (Wildman–Crippen LogP) is 4.34. The van der Waals surface area contributed by atoms with Gasteiger partial charge in [0.05, 0.1) is 13.7 Å². The van der Waals surface area contributed by atoms with Crippen molar-refractivity contribution in [2.45, 2.75) is 38.5 Å². The number of para-hydroxylation sites is 2. The number of benzene rings is 1. The van der Waals surface area contributed by atoms with Gasteiger partial charge in [-0.15, -0.1) is 0 Å². The van der Waals surface area contributed by atoms with E-state index in [-0.39, 0.29) is 5.41 Å². The van der Waals surface area contributed by atoms with Crippen LogP contribution in [0.25, 0.3) is 0 Å². The second-order valence-corrected chi connectivity index (χ2v) is 5.83. The van der Waals surface area contributed by atoms with E-state index in [4.69, 9.17) is 9.47 Å². The van der Waals surface area contributed by atoms with Gasteiger partial charge in [0.15, 0.2) is 11.5 Å². The summed E-state index contributed by atoms with van der Waals surface area (Å²) in [6.07, 6.45) is 7.76. The van der Waals surface area contributed by atoms with Crippen LogP contribution in [-0.2, 0) is 0 Å². The van der Waals surface area contributed by atoms with E-state index < -0.39 is 0 Å². The van der Waals surface area contributed by atoms with E-state index in [2.05, 4.69) is 12.6 Å².